The van der Waals surface area contributed by atoms with E-state index < -0.39 is 0 Å². The van der Waals surface area contributed by atoms with Crippen molar-refractivity contribution in [3.8, 4) is 0 Å². The summed E-state index contributed by atoms with van der Waals surface area (Å²) in [5, 5.41) is 5.58. The van der Waals surface area contributed by atoms with Crippen LogP contribution in [0.1, 0.15) is 45.6 Å². The van der Waals surface area contributed by atoms with E-state index in [9.17, 15) is 4.79 Å². The Morgan fingerprint density at radius 3 is 2.60 bits per heavy atom. The summed E-state index contributed by atoms with van der Waals surface area (Å²) in [4.78, 5) is 25.4. The molecular formula is C19H18N4OS. The molecule has 1 amide bonds. The maximum atomic E-state index is 12.3. The Bertz CT molecular complexity index is 857. The fourth-order valence-corrected chi connectivity index (χ4v) is 3.35. The van der Waals surface area contributed by atoms with Gasteiger partial charge < -0.3 is 5.32 Å². The van der Waals surface area contributed by atoms with Gasteiger partial charge in [-0.3, -0.25) is 4.79 Å². The Morgan fingerprint density at radius 1 is 1.12 bits per heavy atom. The molecule has 6 heteroatoms. The van der Waals surface area contributed by atoms with Gasteiger partial charge in [-0.2, -0.15) is 0 Å². The van der Waals surface area contributed by atoms with Crippen LogP contribution in [0.4, 0.5) is 5.69 Å². The number of amides is 1. The standard InChI is InChI=1S/C19H18N4OS/c24-19(22-15-10-20-18(21-11-15)14-7-8-14)16-12-25-17(23-16)9-6-13-4-2-1-3-5-13/h1-5,10-12,14H,6-9H2,(H,22,24). The lowest BCUT2D eigenvalue weighted by Crippen LogP contribution is -2.13. The van der Waals surface area contributed by atoms with E-state index in [1.54, 1.807) is 17.8 Å². The van der Waals surface area contributed by atoms with Crippen LogP contribution in [-0.4, -0.2) is 20.9 Å². The normalized spacial score (nSPS) is 13.6. The first kappa shape index (κ1) is 15.9. The van der Waals surface area contributed by atoms with Gasteiger partial charge in [0, 0.05) is 17.7 Å². The second kappa shape index (κ2) is 7.11. The lowest BCUT2D eigenvalue weighted by atomic mass is 10.1. The van der Waals surface area contributed by atoms with Gasteiger partial charge in [-0.25, -0.2) is 15.0 Å². The molecule has 0 bridgehead atoms. The van der Waals surface area contributed by atoms with E-state index in [1.807, 2.05) is 18.2 Å². The molecule has 5 nitrogen and oxygen atoms in total. The molecule has 1 aliphatic rings. The SMILES string of the molecule is O=C(Nc1cnc(C2CC2)nc1)c1csc(CCc2ccccc2)n1. The van der Waals surface area contributed by atoms with E-state index in [1.165, 1.54) is 16.9 Å². The van der Waals surface area contributed by atoms with Gasteiger partial charge in [-0.05, 0) is 24.8 Å². The molecule has 1 aliphatic carbocycles. The van der Waals surface area contributed by atoms with E-state index in [-0.39, 0.29) is 5.91 Å². The topological polar surface area (TPSA) is 67.8 Å². The van der Waals surface area contributed by atoms with Gasteiger partial charge in [-0.1, -0.05) is 30.3 Å². The van der Waals surface area contributed by atoms with Gasteiger partial charge in [0.2, 0.25) is 0 Å². The fourth-order valence-electron chi connectivity index (χ4n) is 2.58. The highest BCUT2D eigenvalue weighted by Crippen LogP contribution is 2.37. The maximum Gasteiger partial charge on any atom is 0.275 e. The number of carbonyl (C=O) groups is 1. The van der Waals surface area contributed by atoms with E-state index in [2.05, 4.69) is 32.4 Å². The van der Waals surface area contributed by atoms with E-state index in [4.69, 9.17) is 0 Å². The summed E-state index contributed by atoms with van der Waals surface area (Å²) in [7, 11) is 0. The van der Waals surface area contributed by atoms with Crippen LogP contribution in [-0.2, 0) is 12.8 Å². The average Bonchev–Trinajstić information content (AvgIpc) is 3.39. The fraction of sp³-hybridized carbons (Fsp3) is 0.263. The van der Waals surface area contributed by atoms with Gasteiger partial charge in [0.1, 0.15) is 11.5 Å². The molecule has 3 aromatic rings. The number of benzene rings is 1. The monoisotopic (exact) mass is 350 g/mol. The van der Waals surface area contributed by atoms with Gasteiger partial charge in [-0.15, -0.1) is 11.3 Å². The third-order valence-corrected chi connectivity index (χ3v) is 5.04. The van der Waals surface area contributed by atoms with Gasteiger partial charge in [0.25, 0.3) is 5.91 Å². The Balaban J connectivity index is 1.35. The van der Waals surface area contributed by atoms with Crippen molar-refractivity contribution in [1.82, 2.24) is 15.0 Å². The number of aromatic nitrogens is 3. The van der Waals surface area contributed by atoms with Crippen LogP contribution in [0.5, 0.6) is 0 Å². The highest BCUT2D eigenvalue weighted by atomic mass is 32.1. The average molecular weight is 350 g/mol. The smallest absolute Gasteiger partial charge is 0.275 e. The third kappa shape index (κ3) is 4.09. The van der Waals surface area contributed by atoms with Gasteiger partial charge >= 0.3 is 0 Å². The molecule has 0 unspecified atom stereocenters. The summed E-state index contributed by atoms with van der Waals surface area (Å²) in [6.45, 7) is 0. The first-order valence-corrected chi connectivity index (χ1v) is 9.27. The van der Waals surface area contributed by atoms with Gasteiger partial charge in [0.15, 0.2) is 0 Å². The third-order valence-electron chi connectivity index (χ3n) is 4.13. The molecule has 1 N–H and O–H groups in total. The zero-order valence-electron chi connectivity index (χ0n) is 13.7. The minimum atomic E-state index is -0.218. The molecule has 1 saturated carbocycles. The number of aryl methyl sites for hydroxylation is 2. The highest BCUT2D eigenvalue weighted by Gasteiger charge is 2.26. The molecule has 0 radical (unpaired) electrons. The molecule has 2 heterocycles. The van der Waals surface area contributed by atoms with Crippen LogP contribution in [0.3, 0.4) is 0 Å². The van der Waals surface area contributed by atoms with E-state index >= 15 is 0 Å². The van der Waals surface area contributed by atoms with Crippen molar-refractivity contribution in [2.75, 3.05) is 5.32 Å². The van der Waals surface area contributed by atoms with Crippen LogP contribution in [0.25, 0.3) is 0 Å². The molecule has 1 aromatic carbocycles. The summed E-state index contributed by atoms with van der Waals surface area (Å²) in [6, 6.07) is 10.3. The Morgan fingerprint density at radius 2 is 1.88 bits per heavy atom. The summed E-state index contributed by atoms with van der Waals surface area (Å²) in [5.74, 6) is 1.16. The predicted octanol–water partition coefficient (Wildman–Crippen LogP) is 3.85. The zero-order valence-corrected chi connectivity index (χ0v) is 14.5. The highest BCUT2D eigenvalue weighted by molar-refractivity contribution is 7.09. The number of anilines is 1. The molecule has 1 fully saturated rings. The number of hydrogen-bond donors (Lipinski definition) is 1. The molecule has 25 heavy (non-hydrogen) atoms. The molecule has 0 saturated heterocycles. The second-order valence-electron chi connectivity index (χ2n) is 6.17. The van der Waals surface area contributed by atoms with Crippen LogP contribution >= 0.6 is 11.3 Å². The van der Waals surface area contributed by atoms with Crippen molar-refractivity contribution < 1.29 is 4.79 Å². The number of nitrogens with one attached hydrogen (secondary N) is 1. The number of carbonyl (C=O) groups excluding carboxylic acids is 1. The Hall–Kier alpha value is -2.60. The summed E-state index contributed by atoms with van der Waals surface area (Å²) in [5.41, 5.74) is 2.32. The summed E-state index contributed by atoms with van der Waals surface area (Å²) >= 11 is 1.52. The number of hydrogen-bond acceptors (Lipinski definition) is 5. The van der Waals surface area contributed by atoms with Crippen molar-refractivity contribution in [3.05, 3.63) is 70.2 Å². The molecule has 2 aromatic heterocycles. The van der Waals surface area contributed by atoms with E-state index in [0.717, 1.165) is 36.5 Å². The lowest BCUT2D eigenvalue weighted by molar-refractivity contribution is 0.102. The van der Waals surface area contributed by atoms with Crippen molar-refractivity contribution in [2.45, 2.75) is 31.6 Å². The minimum absolute atomic E-state index is 0.218. The first-order chi connectivity index (χ1) is 12.3. The number of rotatable bonds is 6. The summed E-state index contributed by atoms with van der Waals surface area (Å²) < 4.78 is 0. The predicted molar refractivity (Wildman–Crippen MR) is 97.9 cm³/mol. The molecule has 0 atom stereocenters. The van der Waals surface area contributed by atoms with Crippen LogP contribution in [0.2, 0.25) is 0 Å². The maximum absolute atomic E-state index is 12.3. The molecular weight excluding hydrogens is 332 g/mol. The van der Waals surface area contributed by atoms with Crippen molar-refractivity contribution >= 4 is 22.9 Å². The second-order valence-corrected chi connectivity index (χ2v) is 7.11. The molecule has 126 valence electrons. The summed E-state index contributed by atoms with van der Waals surface area (Å²) in [6.07, 6.45) is 7.42. The quantitative estimate of drug-likeness (QED) is 0.733. The molecule has 0 spiro atoms. The number of nitrogens with zero attached hydrogens (tertiary/aromatic N) is 3. The van der Waals surface area contributed by atoms with Crippen LogP contribution < -0.4 is 5.32 Å². The van der Waals surface area contributed by atoms with Gasteiger partial charge in [0.05, 0.1) is 23.1 Å². The largest absolute Gasteiger partial charge is 0.318 e. The van der Waals surface area contributed by atoms with Crippen molar-refractivity contribution in [3.63, 3.8) is 0 Å². The molecule has 4 rings (SSSR count). The zero-order chi connectivity index (χ0) is 17.1. The van der Waals surface area contributed by atoms with Crippen LogP contribution in [0.15, 0.2) is 48.1 Å². The Labute approximate surface area is 150 Å². The van der Waals surface area contributed by atoms with Crippen molar-refractivity contribution in [2.24, 2.45) is 0 Å². The first-order valence-electron chi connectivity index (χ1n) is 8.39. The minimum Gasteiger partial charge on any atom is -0.318 e. The van der Waals surface area contributed by atoms with E-state index in [0.29, 0.717) is 17.3 Å². The molecule has 0 aliphatic heterocycles. The Kier molecular flexibility index (Phi) is 4.52. The number of thiazole rings is 1. The van der Waals surface area contributed by atoms with Crippen LogP contribution in [0, 0.1) is 0 Å². The van der Waals surface area contributed by atoms with Crippen molar-refractivity contribution in [1.29, 1.82) is 0 Å². The lowest BCUT2D eigenvalue weighted by Gasteiger charge is -2.03.